The van der Waals surface area contributed by atoms with Crippen LogP contribution in [0.15, 0.2) is 36.9 Å². The molecule has 1 heterocycles. The van der Waals surface area contributed by atoms with Crippen molar-refractivity contribution in [2.75, 3.05) is 25.0 Å². The molecule has 1 aromatic carbocycles. The first-order valence-corrected chi connectivity index (χ1v) is 12.1. The molecule has 1 fully saturated rings. The quantitative estimate of drug-likeness (QED) is 0.590. The van der Waals surface area contributed by atoms with Gasteiger partial charge in [0.2, 0.25) is 15.9 Å². The summed E-state index contributed by atoms with van der Waals surface area (Å²) >= 11 is 0. The van der Waals surface area contributed by atoms with Crippen LogP contribution in [0.5, 0.6) is 0 Å². The number of nitrogens with zero attached hydrogens (tertiary/aromatic N) is 1. The second kappa shape index (κ2) is 10.8. The molecule has 9 heteroatoms. The molecule has 0 radical (unpaired) electrons. The van der Waals surface area contributed by atoms with Crippen LogP contribution in [0.1, 0.15) is 45.6 Å². The number of carbonyl (C=O) groups excluding carboxylic acids is 2. The zero-order valence-corrected chi connectivity index (χ0v) is 19.3. The molecule has 2 amide bonds. The number of hydrogen-bond donors (Lipinski definition) is 2. The second-order valence-corrected chi connectivity index (χ2v) is 10.6. The van der Waals surface area contributed by atoms with E-state index in [0.717, 1.165) is 12.8 Å². The highest BCUT2D eigenvalue weighted by Gasteiger charge is 2.27. The van der Waals surface area contributed by atoms with Crippen molar-refractivity contribution < 1.29 is 22.7 Å². The Morgan fingerprint density at radius 2 is 1.81 bits per heavy atom. The Morgan fingerprint density at radius 3 is 2.35 bits per heavy atom. The lowest BCUT2D eigenvalue weighted by molar-refractivity contribution is -0.117. The number of carbonyl (C=O) groups is 2. The molecule has 0 saturated carbocycles. The number of piperidine rings is 1. The summed E-state index contributed by atoms with van der Waals surface area (Å²) < 4.78 is 31.6. The van der Waals surface area contributed by atoms with Gasteiger partial charge in [-0.3, -0.25) is 4.79 Å². The predicted octanol–water partition coefficient (Wildman–Crippen LogP) is 3.27. The molecule has 0 atom stereocenters. The fourth-order valence-corrected chi connectivity index (χ4v) is 4.37. The SMILES string of the molecule is C=CCNS(=O)(=O)Cc1ccc(NC(=O)CC2CCN(C(=O)OC(C)(C)C)CC2)cc1. The van der Waals surface area contributed by atoms with Crippen LogP contribution in [0.25, 0.3) is 0 Å². The lowest BCUT2D eigenvalue weighted by atomic mass is 9.93. The summed E-state index contributed by atoms with van der Waals surface area (Å²) in [4.78, 5) is 26.2. The maximum absolute atomic E-state index is 12.4. The minimum Gasteiger partial charge on any atom is -0.444 e. The first kappa shape index (κ1) is 24.9. The van der Waals surface area contributed by atoms with Gasteiger partial charge in [0.1, 0.15) is 5.60 Å². The highest BCUT2D eigenvalue weighted by molar-refractivity contribution is 7.88. The fourth-order valence-electron chi connectivity index (χ4n) is 3.26. The summed E-state index contributed by atoms with van der Waals surface area (Å²) in [6, 6.07) is 6.76. The molecular weight excluding hydrogens is 418 g/mol. The zero-order chi connectivity index (χ0) is 23.1. The van der Waals surface area contributed by atoms with E-state index in [1.165, 1.54) is 6.08 Å². The number of sulfonamides is 1. The van der Waals surface area contributed by atoms with Gasteiger partial charge in [-0.25, -0.2) is 17.9 Å². The van der Waals surface area contributed by atoms with Crippen molar-refractivity contribution in [2.45, 2.75) is 51.4 Å². The van der Waals surface area contributed by atoms with E-state index in [2.05, 4.69) is 16.6 Å². The third kappa shape index (κ3) is 9.10. The number of amides is 2. The number of nitrogens with one attached hydrogen (secondary N) is 2. The standard InChI is InChI=1S/C22H33N3O5S/c1-5-12-23-31(28,29)16-18-6-8-19(9-7-18)24-20(26)15-17-10-13-25(14-11-17)21(27)30-22(2,3)4/h5-9,17,23H,1,10-16H2,2-4H3,(H,24,26). The Labute approximate surface area is 185 Å². The van der Waals surface area contributed by atoms with Crippen LogP contribution in [-0.2, 0) is 25.3 Å². The smallest absolute Gasteiger partial charge is 0.410 e. The predicted molar refractivity (Wildman–Crippen MR) is 121 cm³/mol. The molecule has 2 N–H and O–H groups in total. The summed E-state index contributed by atoms with van der Waals surface area (Å²) in [6.45, 7) is 10.4. The van der Waals surface area contributed by atoms with E-state index >= 15 is 0 Å². The average Bonchev–Trinajstić information content (AvgIpc) is 2.67. The van der Waals surface area contributed by atoms with Crippen LogP contribution in [0.3, 0.4) is 0 Å². The molecule has 1 aliphatic rings. The van der Waals surface area contributed by atoms with Crippen molar-refractivity contribution in [3.8, 4) is 0 Å². The van der Waals surface area contributed by atoms with Gasteiger partial charge in [-0.15, -0.1) is 6.58 Å². The highest BCUT2D eigenvalue weighted by atomic mass is 32.2. The van der Waals surface area contributed by atoms with E-state index in [0.29, 0.717) is 30.8 Å². The minimum absolute atomic E-state index is 0.0938. The van der Waals surface area contributed by atoms with E-state index in [4.69, 9.17) is 4.74 Å². The van der Waals surface area contributed by atoms with Gasteiger partial charge in [0.15, 0.2) is 0 Å². The number of benzene rings is 1. The van der Waals surface area contributed by atoms with Crippen LogP contribution >= 0.6 is 0 Å². The molecule has 31 heavy (non-hydrogen) atoms. The van der Waals surface area contributed by atoms with Crippen molar-refractivity contribution in [1.82, 2.24) is 9.62 Å². The lowest BCUT2D eigenvalue weighted by Crippen LogP contribution is -2.42. The number of anilines is 1. The van der Waals surface area contributed by atoms with E-state index in [-0.39, 0.29) is 30.2 Å². The van der Waals surface area contributed by atoms with Crippen molar-refractivity contribution in [3.05, 3.63) is 42.5 Å². The molecule has 2 rings (SSSR count). The second-order valence-electron chi connectivity index (χ2n) is 8.76. The van der Waals surface area contributed by atoms with Crippen molar-refractivity contribution in [1.29, 1.82) is 0 Å². The van der Waals surface area contributed by atoms with Gasteiger partial charge in [-0.2, -0.15) is 0 Å². The molecular formula is C22H33N3O5S. The molecule has 172 valence electrons. The molecule has 0 spiro atoms. The van der Waals surface area contributed by atoms with Crippen molar-refractivity contribution >= 4 is 27.7 Å². The van der Waals surface area contributed by atoms with Crippen LogP contribution in [-0.4, -0.2) is 50.6 Å². The first-order chi connectivity index (χ1) is 14.5. The highest BCUT2D eigenvalue weighted by Crippen LogP contribution is 2.23. The van der Waals surface area contributed by atoms with E-state index in [1.807, 2.05) is 20.8 Å². The molecule has 0 unspecified atom stereocenters. The van der Waals surface area contributed by atoms with Gasteiger partial charge in [0, 0.05) is 31.7 Å². The van der Waals surface area contributed by atoms with Crippen LogP contribution in [0.2, 0.25) is 0 Å². The van der Waals surface area contributed by atoms with Gasteiger partial charge in [-0.05, 0) is 57.2 Å². The van der Waals surface area contributed by atoms with Gasteiger partial charge >= 0.3 is 6.09 Å². The zero-order valence-electron chi connectivity index (χ0n) is 18.5. The molecule has 0 aromatic heterocycles. The number of ether oxygens (including phenoxy) is 1. The van der Waals surface area contributed by atoms with Gasteiger partial charge < -0.3 is 15.0 Å². The summed E-state index contributed by atoms with van der Waals surface area (Å²) in [7, 11) is -3.42. The average molecular weight is 452 g/mol. The largest absolute Gasteiger partial charge is 0.444 e. The molecule has 1 aromatic rings. The fraction of sp³-hybridized carbons (Fsp3) is 0.545. The maximum atomic E-state index is 12.4. The van der Waals surface area contributed by atoms with E-state index in [9.17, 15) is 18.0 Å². The third-order valence-electron chi connectivity index (χ3n) is 4.78. The van der Waals surface area contributed by atoms with Gasteiger partial charge in [0.25, 0.3) is 0 Å². The normalized spacial score (nSPS) is 15.4. The summed E-state index contributed by atoms with van der Waals surface area (Å²) in [5.41, 5.74) is 0.732. The number of likely N-dealkylation sites (tertiary alicyclic amines) is 1. The van der Waals surface area contributed by atoms with Gasteiger partial charge in [0.05, 0.1) is 5.75 Å². The third-order valence-corrected chi connectivity index (χ3v) is 6.10. The summed E-state index contributed by atoms with van der Waals surface area (Å²) in [6.07, 6.45) is 3.06. The van der Waals surface area contributed by atoms with Crippen molar-refractivity contribution in [2.24, 2.45) is 5.92 Å². The summed E-state index contributed by atoms with van der Waals surface area (Å²) in [5.74, 6) is -0.0200. The van der Waals surface area contributed by atoms with Crippen LogP contribution in [0.4, 0.5) is 10.5 Å². The topological polar surface area (TPSA) is 105 Å². The lowest BCUT2D eigenvalue weighted by Gasteiger charge is -2.33. The van der Waals surface area contributed by atoms with Gasteiger partial charge in [-0.1, -0.05) is 18.2 Å². The Bertz CT molecular complexity index is 867. The monoisotopic (exact) mass is 451 g/mol. The first-order valence-electron chi connectivity index (χ1n) is 10.4. The maximum Gasteiger partial charge on any atom is 0.410 e. The van der Waals surface area contributed by atoms with E-state index in [1.54, 1.807) is 29.2 Å². The Hall–Kier alpha value is -2.39. The molecule has 8 nitrogen and oxygen atoms in total. The Morgan fingerprint density at radius 1 is 1.19 bits per heavy atom. The van der Waals surface area contributed by atoms with Crippen LogP contribution < -0.4 is 10.0 Å². The molecule has 0 bridgehead atoms. The Balaban J connectivity index is 1.78. The number of rotatable bonds is 8. The van der Waals surface area contributed by atoms with Crippen LogP contribution in [0, 0.1) is 5.92 Å². The molecule has 0 aliphatic carbocycles. The Kier molecular flexibility index (Phi) is 8.64. The van der Waals surface area contributed by atoms with E-state index < -0.39 is 15.6 Å². The molecule has 1 saturated heterocycles. The number of hydrogen-bond acceptors (Lipinski definition) is 5. The minimum atomic E-state index is -3.42. The molecule has 1 aliphatic heterocycles. The van der Waals surface area contributed by atoms with Crippen molar-refractivity contribution in [3.63, 3.8) is 0 Å². The summed E-state index contributed by atoms with van der Waals surface area (Å²) in [5, 5.41) is 2.86.